The summed E-state index contributed by atoms with van der Waals surface area (Å²) < 4.78 is 0. The molecule has 6 heteroatoms. The van der Waals surface area contributed by atoms with E-state index in [9.17, 15) is 4.79 Å². The topological polar surface area (TPSA) is 67.2 Å². The molecule has 1 amide bonds. The van der Waals surface area contributed by atoms with Crippen molar-refractivity contribution < 1.29 is 4.79 Å². The van der Waals surface area contributed by atoms with Crippen LogP contribution in [0.1, 0.15) is 11.5 Å². The quantitative estimate of drug-likeness (QED) is 0.577. The highest BCUT2D eigenvalue weighted by Crippen LogP contribution is 2.31. The molecule has 0 bridgehead atoms. The van der Waals surface area contributed by atoms with Crippen molar-refractivity contribution in [1.29, 1.82) is 0 Å². The molecule has 1 aliphatic heterocycles. The smallest absolute Gasteiger partial charge is 0.238 e. The molecule has 1 N–H and O–H groups in total. The fourth-order valence-electron chi connectivity index (χ4n) is 2.58. The highest BCUT2D eigenvalue weighted by atomic mass is 35.5. The third-order valence-electron chi connectivity index (χ3n) is 3.71. The Morgan fingerprint density at radius 2 is 2.13 bits per heavy atom. The summed E-state index contributed by atoms with van der Waals surface area (Å²) in [5, 5.41) is 4.08. The van der Waals surface area contributed by atoms with E-state index >= 15 is 0 Å². The van der Waals surface area contributed by atoms with Crippen molar-refractivity contribution in [1.82, 2.24) is 9.97 Å². The summed E-state index contributed by atoms with van der Waals surface area (Å²) in [6, 6.07) is 13.0. The number of aliphatic imine (C=N–C) groups is 1. The summed E-state index contributed by atoms with van der Waals surface area (Å²) in [6.07, 6.45) is 3.39. The van der Waals surface area contributed by atoms with Gasteiger partial charge in [0.1, 0.15) is 16.9 Å². The van der Waals surface area contributed by atoms with E-state index in [2.05, 4.69) is 20.3 Å². The SMILES string of the molecule is O=C1Nc2nc(Cl)ccc2C1C=Nc1ccc2ncccc2c1. The maximum atomic E-state index is 12.1. The van der Waals surface area contributed by atoms with E-state index in [1.165, 1.54) is 0 Å². The van der Waals surface area contributed by atoms with E-state index in [1.807, 2.05) is 30.3 Å². The van der Waals surface area contributed by atoms with Crippen LogP contribution in [0.25, 0.3) is 10.9 Å². The summed E-state index contributed by atoms with van der Waals surface area (Å²) in [5.74, 6) is -0.109. The van der Waals surface area contributed by atoms with Gasteiger partial charge >= 0.3 is 0 Å². The normalized spacial score (nSPS) is 16.7. The van der Waals surface area contributed by atoms with E-state index in [0.717, 1.165) is 22.2 Å². The van der Waals surface area contributed by atoms with Gasteiger partial charge in [-0.3, -0.25) is 14.8 Å². The van der Waals surface area contributed by atoms with Gasteiger partial charge in [0.15, 0.2) is 0 Å². The molecule has 23 heavy (non-hydrogen) atoms. The molecule has 1 unspecified atom stereocenters. The van der Waals surface area contributed by atoms with E-state index < -0.39 is 5.92 Å². The average molecular weight is 323 g/mol. The molecular formula is C17H11ClN4O. The number of hydrogen-bond donors (Lipinski definition) is 1. The van der Waals surface area contributed by atoms with Gasteiger partial charge in [0.05, 0.1) is 11.2 Å². The third-order valence-corrected chi connectivity index (χ3v) is 3.92. The lowest BCUT2D eigenvalue weighted by atomic mass is 10.0. The highest BCUT2D eigenvalue weighted by Gasteiger charge is 2.30. The number of carbonyl (C=O) groups is 1. The van der Waals surface area contributed by atoms with Gasteiger partial charge in [-0.15, -0.1) is 0 Å². The van der Waals surface area contributed by atoms with Crippen molar-refractivity contribution >= 4 is 46.1 Å². The van der Waals surface area contributed by atoms with Crippen LogP contribution >= 0.6 is 11.6 Å². The number of benzene rings is 1. The Bertz CT molecular complexity index is 954. The lowest BCUT2D eigenvalue weighted by Gasteiger charge is -2.02. The molecule has 3 heterocycles. The fourth-order valence-corrected chi connectivity index (χ4v) is 2.73. The average Bonchev–Trinajstić information content (AvgIpc) is 2.87. The van der Waals surface area contributed by atoms with Crippen LogP contribution in [0.3, 0.4) is 0 Å². The first-order valence-corrected chi connectivity index (χ1v) is 7.45. The van der Waals surface area contributed by atoms with Crippen LogP contribution in [-0.2, 0) is 4.79 Å². The van der Waals surface area contributed by atoms with Gasteiger partial charge in [-0.05, 0) is 30.3 Å². The highest BCUT2D eigenvalue weighted by molar-refractivity contribution is 6.29. The van der Waals surface area contributed by atoms with E-state index in [4.69, 9.17) is 11.6 Å². The number of amides is 1. The zero-order valence-corrected chi connectivity index (χ0v) is 12.7. The van der Waals surface area contributed by atoms with Gasteiger partial charge in [-0.25, -0.2) is 4.98 Å². The number of fused-ring (bicyclic) bond motifs is 2. The molecule has 1 aliphatic rings. The number of pyridine rings is 2. The molecule has 5 nitrogen and oxygen atoms in total. The number of nitrogens with zero attached hydrogens (tertiary/aromatic N) is 3. The van der Waals surface area contributed by atoms with E-state index in [0.29, 0.717) is 11.0 Å². The van der Waals surface area contributed by atoms with Crippen molar-refractivity contribution in [2.45, 2.75) is 5.92 Å². The molecule has 0 radical (unpaired) electrons. The standard InChI is InChI=1S/C17H11ClN4O/c18-15-6-4-12-13(17(23)22-16(12)21-15)9-20-11-3-5-14-10(8-11)2-1-7-19-14/h1-9,13H,(H,21,22,23). The molecule has 112 valence electrons. The van der Waals surface area contributed by atoms with E-state index in [-0.39, 0.29) is 5.91 Å². The molecule has 4 rings (SSSR count). The van der Waals surface area contributed by atoms with Crippen LogP contribution in [0.5, 0.6) is 0 Å². The monoisotopic (exact) mass is 322 g/mol. The first-order chi connectivity index (χ1) is 11.2. The molecular weight excluding hydrogens is 312 g/mol. The number of carbonyl (C=O) groups excluding carboxylic acids is 1. The lowest BCUT2D eigenvalue weighted by molar-refractivity contribution is -0.115. The molecule has 2 aromatic heterocycles. The van der Waals surface area contributed by atoms with Crippen LogP contribution in [-0.4, -0.2) is 22.1 Å². The second kappa shape index (κ2) is 5.44. The van der Waals surface area contributed by atoms with Gasteiger partial charge in [-0.1, -0.05) is 23.7 Å². The Labute approximate surface area is 137 Å². The minimum atomic E-state index is -0.459. The van der Waals surface area contributed by atoms with Gasteiger partial charge < -0.3 is 5.32 Å². The van der Waals surface area contributed by atoms with Crippen molar-refractivity contribution in [2.75, 3.05) is 5.32 Å². The molecule has 0 saturated carbocycles. The van der Waals surface area contributed by atoms with Crippen LogP contribution in [0.15, 0.2) is 53.7 Å². The Balaban J connectivity index is 1.67. The summed E-state index contributed by atoms with van der Waals surface area (Å²) in [6.45, 7) is 0. The predicted octanol–water partition coefficient (Wildman–Crippen LogP) is 3.72. The van der Waals surface area contributed by atoms with Crippen LogP contribution in [0.4, 0.5) is 11.5 Å². The number of aromatic nitrogens is 2. The number of halogens is 1. The molecule has 0 spiro atoms. The fraction of sp³-hybridized carbons (Fsp3) is 0.0588. The molecule has 0 saturated heterocycles. The minimum absolute atomic E-state index is 0.152. The summed E-state index contributed by atoms with van der Waals surface area (Å²) in [5.41, 5.74) is 2.47. The first kappa shape index (κ1) is 13.8. The second-order valence-electron chi connectivity index (χ2n) is 5.20. The van der Waals surface area contributed by atoms with E-state index in [1.54, 1.807) is 24.5 Å². The van der Waals surface area contributed by atoms with Gasteiger partial charge in [0.2, 0.25) is 5.91 Å². The van der Waals surface area contributed by atoms with Crippen molar-refractivity contribution in [3.8, 4) is 0 Å². The number of anilines is 1. The van der Waals surface area contributed by atoms with Crippen LogP contribution in [0, 0.1) is 0 Å². The number of hydrogen-bond acceptors (Lipinski definition) is 4. The van der Waals surface area contributed by atoms with Crippen molar-refractivity contribution in [3.05, 3.63) is 59.4 Å². The van der Waals surface area contributed by atoms with Gasteiger partial charge in [0, 0.05) is 23.4 Å². The van der Waals surface area contributed by atoms with Gasteiger partial charge in [0.25, 0.3) is 0 Å². The Morgan fingerprint density at radius 1 is 1.22 bits per heavy atom. The maximum Gasteiger partial charge on any atom is 0.238 e. The zero-order valence-electron chi connectivity index (χ0n) is 11.9. The summed E-state index contributed by atoms with van der Waals surface area (Å²) >= 11 is 5.85. The minimum Gasteiger partial charge on any atom is -0.310 e. The summed E-state index contributed by atoms with van der Waals surface area (Å²) in [4.78, 5) is 24.9. The summed E-state index contributed by atoms with van der Waals surface area (Å²) in [7, 11) is 0. The molecule has 3 aromatic rings. The Kier molecular flexibility index (Phi) is 3.28. The predicted molar refractivity (Wildman–Crippen MR) is 90.5 cm³/mol. The lowest BCUT2D eigenvalue weighted by Crippen LogP contribution is -2.12. The first-order valence-electron chi connectivity index (χ1n) is 7.07. The van der Waals surface area contributed by atoms with Crippen LogP contribution < -0.4 is 5.32 Å². The molecule has 1 atom stereocenters. The van der Waals surface area contributed by atoms with Crippen LogP contribution in [0.2, 0.25) is 5.15 Å². The Hall–Kier alpha value is -2.79. The second-order valence-corrected chi connectivity index (χ2v) is 5.58. The molecule has 1 aromatic carbocycles. The molecule has 0 fully saturated rings. The largest absolute Gasteiger partial charge is 0.310 e. The maximum absolute atomic E-state index is 12.1. The van der Waals surface area contributed by atoms with Crippen molar-refractivity contribution in [3.63, 3.8) is 0 Å². The van der Waals surface area contributed by atoms with Crippen molar-refractivity contribution in [2.24, 2.45) is 4.99 Å². The third kappa shape index (κ3) is 2.55. The zero-order chi connectivity index (χ0) is 15.8. The van der Waals surface area contributed by atoms with Gasteiger partial charge in [-0.2, -0.15) is 0 Å². The molecule has 0 aliphatic carbocycles. The number of nitrogens with one attached hydrogen (secondary N) is 1. The Morgan fingerprint density at radius 3 is 3.04 bits per heavy atom. The number of rotatable bonds is 2.